The molecule has 1 saturated heterocycles. The van der Waals surface area contributed by atoms with Gasteiger partial charge in [0.05, 0.1) is 28.4 Å². The molecule has 1 fully saturated rings. The van der Waals surface area contributed by atoms with Gasteiger partial charge in [0, 0.05) is 32.2 Å². The molecule has 8 heteroatoms. The Kier molecular flexibility index (Phi) is 6.93. The molecule has 0 bridgehead atoms. The topological polar surface area (TPSA) is 88.0 Å². The number of rotatable bonds is 7. The summed E-state index contributed by atoms with van der Waals surface area (Å²) in [5.41, 5.74) is 5.00. The van der Waals surface area contributed by atoms with E-state index in [0.717, 1.165) is 59.7 Å². The van der Waals surface area contributed by atoms with E-state index < -0.39 is 0 Å². The van der Waals surface area contributed by atoms with Gasteiger partial charge in [-0.15, -0.1) is 5.10 Å². The van der Waals surface area contributed by atoms with Gasteiger partial charge in [-0.1, -0.05) is 31.5 Å². The maximum atomic E-state index is 12.8. The van der Waals surface area contributed by atoms with Gasteiger partial charge in [0.15, 0.2) is 5.82 Å². The molecule has 2 N–H and O–H groups in total. The van der Waals surface area contributed by atoms with Gasteiger partial charge < -0.3 is 15.5 Å². The molecule has 0 unspecified atom stereocenters. The zero-order chi connectivity index (χ0) is 23.5. The van der Waals surface area contributed by atoms with E-state index in [0.29, 0.717) is 19.1 Å². The van der Waals surface area contributed by atoms with Crippen LogP contribution in [0.3, 0.4) is 0 Å². The normalized spacial score (nSPS) is 16.5. The summed E-state index contributed by atoms with van der Waals surface area (Å²) >= 11 is 0. The minimum Gasteiger partial charge on any atom is -0.355 e. The van der Waals surface area contributed by atoms with Crippen LogP contribution in [0, 0.1) is 26.7 Å². The molecule has 3 aromatic rings. The largest absolute Gasteiger partial charge is 0.355 e. The molecule has 0 aliphatic carbocycles. The van der Waals surface area contributed by atoms with E-state index in [1.807, 2.05) is 11.6 Å². The second kappa shape index (κ2) is 9.87. The van der Waals surface area contributed by atoms with Crippen molar-refractivity contribution in [3.63, 3.8) is 0 Å². The highest BCUT2D eigenvalue weighted by Crippen LogP contribution is 2.31. The molecular weight excluding hydrogens is 414 g/mol. The van der Waals surface area contributed by atoms with Crippen LogP contribution in [0.5, 0.6) is 0 Å². The number of nitrogens with zero attached hydrogens (tertiary/aromatic N) is 5. The van der Waals surface area contributed by atoms with Crippen LogP contribution < -0.4 is 15.5 Å². The number of amides is 1. The molecule has 0 spiro atoms. The number of anilines is 1. The number of carbonyl (C=O) groups excluding carboxylic acids is 1. The van der Waals surface area contributed by atoms with E-state index in [1.54, 1.807) is 0 Å². The van der Waals surface area contributed by atoms with E-state index in [1.165, 1.54) is 5.56 Å². The van der Waals surface area contributed by atoms with Gasteiger partial charge in [-0.05, 0) is 45.7 Å². The molecule has 8 nitrogen and oxygen atoms in total. The molecule has 1 atom stereocenters. The number of piperidine rings is 1. The van der Waals surface area contributed by atoms with Crippen molar-refractivity contribution in [3.8, 4) is 5.69 Å². The monoisotopic (exact) mass is 449 g/mol. The van der Waals surface area contributed by atoms with Crippen molar-refractivity contribution in [1.29, 1.82) is 0 Å². The fourth-order valence-corrected chi connectivity index (χ4v) is 4.54. The van der Waals surface area contributed by atoms with Crippen LogP contribution in [0.1, 0.15) is 43.6 Å². The summed E-state index contributed by atoms with van der Waals surface area (Å²) in [6.07, 6.45) is 1.83. The van der Waals surface area contributed by atoms with Crippen molar-refractivity contribution in [3.05, 3.63) is 41.2 Å². The van der Waals surface area contributed by atoms with E-state index in [9.17, 15) is 4.79 Å². The number of fused-ring (bicyclic) bond motifs is 1. The Bertz CT molecular complexity index is 1120. The maximum Gasteiger partial charge on any atom is 0.224 e. The zero-order valence-electron chi connectivity index (χ0n) is 20.4. The van der Waals surface area contributed by atoms with Crippen molar-refractivity contribution in [2.45, 2.75) is 53.5 Å². The van der Waals surface area contributed by atoms with Gasteiger partial charge in [0.25, 0.3) is 0 Å². The second-order valence-corrected chi connectivity index (χ2v) is 9.35. The number of nitrogens with one attached hydrogen (secondary N) is 2. The highest BCUT2D eigenvalue weighted by Gasteiger charge is 2.29. The fourth-order valence-electron chi connectivity index (χ4n) is 4.54. The molecule has 1 aliphatic heterocycles. The van der Waals surface area contributed by atoms with E-state index >= 15 is 0 Å². The summed E-state index contributed by atoms with van der Waals surface area (Å²) in [5, 5.41) is 21.4. The Morgan fingerprint density at radius 3 is 2.61 bits per heavy atom. The van der Waals surface area contributed by atoms with E-state index in [-0.39, 0.29) is 11.8 Å². The molecule has 0 radical (unpaired) electrons. The molecule has 1 amide bonds. The van der Waals surface area contributed by atoms with E-state index in [4.69, 9.17) is 5.10 Å². The first kappa shape index (κ1) is 23.2. The van der Waals surface area contributed by atoms with Gasteiger partial charge in [-0.3, -0.25) is 4.79 Å². The van der Waals surface area contributed by atoms with Gasteiger partial charge in [-0.25, -0.2) is 4.68 Å². The molecule has 1 aliphatic rings. The Morgan fingerprint density at radius 2 is 1.88 bits per heavy atom. The second-order valence-electron chi connectivity index (χ2n) is 9.35. The number of benzene rings is 1. The third kappa shape index (κ3) is 5.00. The fraction of sp³-hybridized carbons (Fsp3) is 0.520. The molecule has 1 aromatic carbocycles. The zero-order valence-corrected chi connectivity index (χ0v) is 20.4. The van der Waals surface area contributed by atoms with E-state index in [2.05, 4.69) is 77.7 Å². The average molecular weight is 450 g/mol. The van der Waals surface area contributed by atoms with Crippen LogP contribution in [0.2, 0.25) is 0 Å². The molecule has 0 saturated carbocycles. The summed E-state index contributed by atoms with van der Waals surface area (Å²) in [5.74, 6) is 0.822. The van der Waals surface area contributed by atoms with Gasteiger partial charge in [0.1, 0.15) is 5.52 Å². The van der Waals surface area contributed by atoms with Crippen LogP contribution in [0.4, 0.5) is 5.82 Å². The minimum atomic E-state index is -0.0590. The predicted octanol–water partition coefficient (Wildman–Crippen LogP) is 3.07. The summed E-state index contributed by atoms with van der Waals surface area (Å²) in [6.45, 7) is 13.2. The minimum absolute atomic E-state index is 0.0590. The average Bonchev–Trinajstić information content (AvgIpc) is 3.15. The lowest BCUT2D eigenvalue weighted by Gasteiger charge is -2.32. The number of carbonyl (C=O) groups is 1. The van der Waals surface area contributed by atoms with Crippen LogP contribution in [-0.2, 0) is 4.79 Å². The molecule has 176 valence electrons. The lowest BCUT2D eigenvalue weighted by atomic mass is 9.97. The van der Waals surface area contributed by atoms with Crippen molar-refractivity contribution in [2.75, 3.05) is 31.1 Å². The standard InChI is InChI=1S/C25H35N7O/c1-16(2)26-12-13-27-25(33)20-7-6-14-31(15-20)24-23-22(18(4)28-29-24)19(5)32(30-23)21-10-8-17(3)9-11-21/h8-11,16,20,26H,6-7,12-15H2,1-5H3,(H,27,33)/t20-/m1/s1. The Labute approximate surface area is 195 Å². The first-order valence-electron chi connectivity index (χ1n) is 11.9. The lowest BCUT2D eigenvalue weighted by molar-refractivity contribution is -0.125. The molecule has 3 heterocycles. The first-order chi connectivity index (χ1) is 15.8. The molecule has 2 aromatic heterocycles. The lowest BCUT2D eigenvalue weighted by Crippen LogP contribution is -2.45. The van der Waals surface area contributed by atoms with Gasteiger partial charge >= 0.3 is 0 Å². The highest BCUT2D eigenvalue weighted by atomic mass is 16.1. The summed E-state index contributed by atoms with van der Waals surface area (Å²) < 4.78 is 1.97. The Hall–Kier alpha value is -3.00. The third-order valence-electron chi connectivity index (χ3n) is 6.33. The number of aryl methyl sites for hydroxylation is 3. The van der Waals surface area contributed by atoms with Crippen LogP contribution in [0.25, 0.3) is 16.6 Å². The molecular formula is C25H35N7O. The first-order valence-corrected chi connectivity index (χ1v) is 11.9. The Morgan fingerprint density at radius 1 is 1.12 bits per heavy atom. The number of hydrogen-bond acceptors (Lipinski definition) is 6. The van der Waals surface area contributed by atoms with Crippen LogP contribution >= 0.6 is 0 Å². The smallest absolute Gasteiger partial charge is 0.224 e. The predicted molar refractivity (Wildman–Crippen MR) is 132 cm³/mol. The molecule has 4 rings (SSSR count). The Balaban J connectivity index is 1.57. The van der Waals surface area contributed by atoms with Crippen molar-refractivity contribution in [2.24, 2.45) is 5.92 Å². The summed E-state index contributed by atoms with van der Waals surface area (Å²) in [4.78, 5) is 15.0. The van der Waals surface area contributed by atoms with Gasteiger partial charge in [0.2, 0.25) is 5.91 Å². The third-order valence-corrected chi connectivity index (χ3v) is 6.33. The highest BCUT2D eigenvalue weighted by molar-refractivity contribution is 5.92. The summed E-state index contributed by atoms with van der Waals surface area (Å²) in [6, 6.07) is 8.77. The SMILES string of the molecule is Cc1ccc(-n2nc3c(N4CCC[C@@H](C(=O)NCCNC(C)C)C4)nnc(C)c3c2C)cc1. The van der Waals surface area contributed by atoms with Crippen LogP contribution in [-0.4, -0.2) is 58.1 Å². The number of hydrogen-bond donors (Lipinski definition) is 2. The van der Waals surface area contributed by atoms with Crippen molar-refractivity contribution < 1.29 is 4.79 Å². The summed E-state index contributed by atoms with van der Waals surface area (Å²) in [7, 11) is 0. The van der Waals surface area contributed by atoms with Crippen LogP contribution in [0.15, 0.2) is 24.3 Å². The number of aromatic nitrogens is 4. The van der Waals surface area contributed by atoms with Gasteiger partial charge in [-0.2, -0.15) is 10.2 Å². The van der Waals surface area contributed by atoms with Crippen molar-refractivity contribution >= 4 is 22.6 Å². The quantitative estimate of drug-likeness (QED) is 0.539. The maximum absolute atomic E-state index is 12.8. The molecule has 33 heavy (non-hydrogen) atoms. The van der Waals surface area contributed by atoms with Crippen molar-refractivity contribution in [1.82, 2.24) is 30.6 Å².